The fourth-order valence-corrected chi connectivity index (χ4v) is 1.28. The van der Waals surface area contributed by atoms with Crippen molar-refractivity contribution in [3.63, 3.8) is 0 Å². The zero-order valence-electron chi connectivity index (χ0n) is 7.14. The first-order chi connectivity index (χ1) is 6.38. The number of phenolic OH excluding ortho intramolecular Hbond substituents is 1. The van der Waals surface area contributed by atoms with Crippen LogP contribution in [-0.4, -0.2) is 17.9 Å². The van der Waals surface area contributed by atoms with E-state index in [4.69, 9.17) is 0 Å². The number of hydrazine groups is 1. The Kier molecular flexibility index (Phi) is 2.04. The summed E-state index contributed by atoms with van der Waals surface area (Å²) in [4.78, 5) is 0. The van der Waals surface area contributed by atoms with Crippen molar-refractivity contribution in [3.8, 4) is 5.75 Å². The van der Waals surface area contributed by atoms with Gasteiger partial charge in [-0.05, 0) is 12.1 Å². The van der Waals surface area contributed by atoms with Gasteiger partial charge >= 0.3 is 0 Å². The normalized spacial score (nSPS) is 15.5. The van der Waals surface area contributed by atoms with Crippen LogP contribution in [0.2, 0.25) is 0 Å². The molecule has 13 heavy (non-hydrogen) atoms. The molecular formula is C9H11N3O. The molecule has 0 saturated carbocycles. The third-order valence-corrected chi connectivity index (χ3v) is 1.92. The molecule has 0 unspecified atom stereocenters. The molecule has 2 N–H and O–H groups in total. The van der Waals surface area contributed by atoms with Crippen LogP contribution in [0.4, 0.5) is 5.69 Å². The van der Waals surface area contributed by atoms with Crippen molar-refractivity contribution in [2.45, 2.75) is 6.42 Å². The zero-order valence-corrected chi connectivity index (χ0v) is 7.14. The van der Waals surface area contributed by atoms with Gasteiger partial charge in [-0.3, -0.25) is 5.01 Å². The average Bonchev–Trinajstić information content (AvgIpc) is 2.20. The Hall–Kier alpha value is -1.71. The quantitative estimate of drug-likeness (QED) is 0.675. The van der Waals surface area contributed by atoms with E-state index in [0.717, 1.165) is 18.7 Å². The molecule has 0 amide bonds. The number of rotatable bonds is 1. The monoisotopic (exact) mass is 177 g/mol. The Labute approximate surface area is 76.5 Å². The molecule has 0 saturated heterocycles. The zero-order chi connectivity index (χ0) is 9.10. The number of phenols is 1. The molecule has 0 fully saturated rings. The Bertz CT molecular complexity index is 324. The van der Waals surface area contributed by atoms with E-state index >= 15 is 0 Å². The van der Waals surface area contributed by atoms with Crippen LogP contribution in [0.25, 0.3) is 0 Å². The van der Waals surface area contributed by atoms with Crippen LogP contribution < -0.4 is 10.5 Å². The van der Waals surface area contributed by atoms with Gasteiger partial charge in [-0.1, -0.05) is 12.1 Å². The SMILES string of the molecule is Oc1ccccc1N1CCC=NN1. The minimum Gasteiger partial charge on any atom is -0.506 e. The number of aromatic hydroxyl groups is 1. The largest absolute Gasteiger partial charge is 0.506 e. The van der Waals surface area contributed by atoms with Crippen LogP contribution in [0.15, 0.2) is 29.4 Å². The fourth-order valence-electron chi connectivity index (χ4n) is 1.28. The lowest BCUT2D eigenvalue weighted by atomic mass is 10.2. The number of benzene rings is 1. The van der Waals surface area contributed by atoms with E-state index in [2.05, 4.69) is 10.6 Å². The van der Waals surface area contributed by atoms with Gasteiger partial charge in [0.05, 0.1) is 0 Å². The maximum absolute atomic E-state index is 9.53. The standard InChI is InChI=1S/C9H11N3O/c13-9-5-2-1-4-8(9)12-7-3-6-10-11-12/h1-2,4-6,11,13H,3,7H2. The smallest absolute Gasteiger partial charge is 0.140 e. The minimum atomic E-state index is 0.270. The van der Waals surface area contributed by atoms with E-state index in [1.807, 2.05) is 23.4 Å². The highest BCUT2D eigenvalue weighted by Gasteiger charge is 2.10. The molecule has 0 aromatic heterocycles. The van der Waals surface area contributed by atoms with E-state index in [1.54, 1.807) is 12.1 Å². The Morgan fingerprint density at radius 3 is 2.92 bits per heavy atom. The van der Waals surface area contributed by atoms with Crippen molar-refractivity contribution >= 4 is 11.9 Å². The van der Waals surface area contributed by atoms with Gasteiger partial charge in [0.1, 0.15) is 11.4 Å². The van der Waals surface area contributed by atoms with E-state index < -0.39 is 0 Å². The lowest BCUT2D eigenvalue weighted by Crippen LogP contribution is -2.38. The number of nitrogens with zero attached hydrogens (tertiary/aromatic N) is 2. The van der Waals surface area contributed by atoms with Crippen molar-refractivity contribution in [1.29, 1.82) is 0 Å². The average molecular weight is 177 g/mol. The summed E-state index contributed by atoms with van der Waals surface area (Å²) in [6.07, 6.45) is 2.71. The van der Waals surface area contributed by atoms with Gasteiger partial charge in [-0.15, -0.1) is 0 Å². The molecule has 2 rings (SSSR count). The summed E-state index contributed by atoms with van der Waals surface area (Å²) >= 11 is 0. The fraction of sp³-hybridized carbons (Fsp3) is 0.222. The van der Waals surface area contributed by atoms with Crippen LogP contribution in [0.3, 0.4) is 0 Å². The molecule has 4 heteroatoms. The van der Waals surface area contributed by atoms with E-state index in [9.17, 15) is 5.11 Å². The summed E-state index contributed by atoms with van der Waals surface area (Å²) in [7, 11) is 0. The third-order valence-electron chi connectivity index (χ3n) is 1.92. The van der Waals surface area contributed by atoms with Crippen LogP contribution in [0.1, 0.15) is 6.42 Å². The number of nitrogens with one attached hydrogen (secondary N) is 1. The molecule has 68 valence electrons. The molecule has 1 aromatic rings. The highest BCUT2D eigenvalue weighted by molar-refractivity contribution is 5.63. The second kappa shape index (κ2) is 3.35. The van der Waals surface area contributed by atoms with E-state index in [1.165, 1.54) is 0 Å². The van der Waals surface area contributed by atoms with Crippen LogP contribution >= 0.6 is 0 Å². The Balaban J connectivity index is 2.24. The van der Waals surface area contributed by atoms with Gasteiger partial charge in [0.2, 0.25) is 0 Å². The second-order valence-electron chi connectivity index (χ2n) is 2.84. The first-order valence-electron chi connectivity index (χ1n) is 4.20. The van der Waals surface area contributed by atoms with Crippen LogP contribution in [0, 0.1) is 0 Å². The van der Waals surface area contributed by atoms with Gasteiger partial charge < -0.3 is 5.11 Å². The lowest BCUT2D eigenvalue weighted by molar-refractivity contribution is 0.469. The van der Waals surface area contributed by atoms with Crippen molar-refractivity contribution < 1.29 is 5.11 Å². The van der Waals surface area contributed by atoms with Gasteiger partial charge in [0, 0.05) is 19.2 Å². The molecule has 0 atom stereocenters. The van der Waals surface area contributed by atoms with E-state index in [-0.39, 0.29) is 5.75 Å². The predicted octanol–water partition coefficient (Wildman–Crippen LogP) is 1.09. The molecule has 1 aliphatic rings. The van der Waals surface area contributed by atoms with Crippen molar-refractivity contribution in [2.75, 3.05) is 11.6 Å². The summed E-state index contributed by atoms with van der Waals surface area (Å²) < 4.78 is 0. The molecule has 0 spiro atoms. The summed E-state index contributed by atoms with van der Waals surface area (Å²) in [6, 6.07) is 7.19. The molecule has 0 bridgehead atoms. The molecule has 0 radical (unpaired) electrons. The number of hydrogen-bond donors (Lipinski definition) is 2. The molecular weight excluding hydrogens is 166 g/mol. The maximum atomic E-state index is 9.53. The van der Waals surface area contributed by atoms with Gasteiger partial charge in [-0.2, -0.15) is 5.10 Å². The van der Waals surface area contributed by atoms with Crippen molar-refractivity contribution in [3.05, 3.63) is 24.3 Å². The lowest BCUT2D eigenvalue weighted by Gasteiger charge is -2.25. The highest BCUT2D eigenvalue weighted by atomic mass is 16.3. The second-order valence-corrected chi connectivity index (χ2v) is 2.84. The molecule has 1 aliphatic heterocycles. The first kappa shape index (κ1) is 7.91. The van der Waals surface area contributed by atoms with Gasteiger partial charge in [0.25, 0.3) is 0 Å². The third kappa shape index (κ3) is 1.56. The predicted molar refractivity (Wildman–Crippen MR) is 51.7 cm³/mol. The van der Waals surface area contributed by atoms with Gasteiger partial charge in [0.15, 0.2) is 0 Å². The summed E-state index contributed by atoms with van der Waals surface area (Å²) in [5.74, 6) is 0.270. The summed E-state index contributed by atoms with van der Waals surface area (Å²) in [6.45, 7) is 0.821. The Morgan fingerprint density at radius 2 is 2.23 bits per heavy atom. The van der Waals surface area contributed by atoms with Crippen molar-refractivity contribution in [2.24, 2.45) is 5.10 Å². The van der Waals surface area contributed by atoms with Crippen LogP contribution in [0.5, 0.6) is 5.75 Å². The molecule has 1 aromatic carbocycles. The highest BCUT2D eigenvalue weighted by Crippen LogP contribution is 2.25. The Morgan fingerprint density at radius 1 is 1.38 bits per heavy atom. The number of anilines is 1. The number of hydrazone groups is 1. The molecule has 4 nitrogen and oxygen atoms in total. The first-order valence-corrected chi connectivity index (χ1v) is 4.20. The number of hydrogen-bond acceptors (Lipinski definition) is 4. The summed E-state index contributed by atoms with van der Waals surface area (Å²) in [5, 5.41) is 15.3. The minimum absolute atomic E-state index is 0.270. The van der Waals surface area contributed by atoms with Gasteiger partial charge in [-0.25, -0.2) is 5.53 Å². The summed E-state index contributed by atoms with van der Waals surface area (Å²) in [5.41, 5.74) is 3.58. The topological polar surface area (TPSA) is 47.9 Å². The molecule has 1 heterocycles. The number of para-hydroxylation sites is 2. The maximum Gasteiger partial charge on any atom is 0.140 e. The molecule has 0 aliphatic carbocycles. The van der Waals surface area contributed by atoms with Crippen molar-refractivity contribution in [1.82, 2.24) is 5.53 Å². The van der Waals surface area contributed by atoms with E-state index in [0.29, 0.717) is 0 Å². The van der Waals surface area contributed by atoms with Crippen LogP contribution in [-0.2, 0) is 0 Å².